The summed E-state index contributed by atoms with van der Waals surface area (Å²) in [5, 5.41) is 20.8. The molecule has 0 aliphatic carbocycles. The number of aliphatic hydroxyl groups is 2. The van der Waals surface area contributed by atoms with Gasteiger partial charge in [-0.2, -0.15) is 0 Å². The Morgan fingerprint density at radius 2 is 2.16 bits per heavy atom. The van der Waals surface area contributed by atoms with Crippen LogP contribution in [0, 0.1) is 6.92 Å². The Balaban J connectivity index is 1.52. The summed E-state index contributed by atoms with van der Waals surface area (Å²) in [4.78, 5) is 25.5. The van der Waals surface area contributed by atoms with Gasteiger partial charge in [-0.15, -0.1) is 0 Å². The first kappa shape index (κ1) is 22.2. The van der Waals surface area contributed by atoms with E-state index in [4.69, 9.17) is 29.9 Å². The van der Waals surface area contributed by atoms with Crippen LogP contribution >= 0.6 is 19.4 Å². The number of halogens is 2. The third-order valence-electron chi connectivity index (χ3n) is 4.82. The van der Waals surface area contributed by atoms with Gasteiger partial charge in [0.05, 0.1) is 6.61 Å². The van der Waals surface area contributed by atoms with Crippen LogP contribution in [0.25, 0.3) is 0 Å². The van der Waals surface area contributed by atoms with Crippen molar-refractivity contribution in [2.24, 2.45) is 0 Å². The summed E-state index contributed by atoms with van der Waals surface area (Å²) in [6, 6.07) is 4.46. The number of benzene rings is 1. The fraction of sp³-hybridized carbons (Fsp3) is 0.412. The molecular formula is C17H17ClFN2O9P. The van der Waals surface area contributed by atoms with E-state index in [-0.39, 0.29) is 17.9 Å². The van der Waals surface area contributed by atoms with E-state index in [1.165, 1.54) is 25.1 Å². The molecule has 11 nitrogen and oxygen atoms in total. The van der Waals surface area contributed by atoms with E-state index in [9.17, 15) is 24.4 Å². The molecule has 3 N–H and O–H groups in total. The Morgan fingerprint density at radius 3 is 2.90 bits per heavy atom. The van der Waals surface area contributed by atoms with E-state index < -0.39 is 50.0 Å². The Hall–Kier alpha value is -2.05. The van der Waals surface area contributed by atoms with Gasteiger partial charge in [0.2, 0.25) is 0 Å². The molecule has 1 unspecified atom stereocenters. The summed E-state index contributed by atoms with van der Waals surface area (Å²) in [7, 11) is -4.29. The van der Waals surface area contributed by atoms with Gasteiger partial charge in [-0.1, -0.05) is 11.6 Å². The van der Waals surface area contributed by atoms with Crippen molar-refractivity contribution in [1.82, 2.24) is 9.55 Å². The summed E-state index contributed by atoms with van der Waals surface area (Å²) in [6.07, 6.45) is -4.73. The van der Waals surface area contributed by atoms with Crippen molar-refractivity contribution in [2.45, 2.75) is 37.8 Å². The maximum absolute atomic E-state index is 15.3. The number of phosphoric acid groups is 1. The highest BCUT2D eigenvalue weighted by molar-refractivity contribution is 7.49. The first-order chi connectivity index (χ1) is 14.5. The van der Waals surface area contributed by atoms with E-state index in [1.807, 2.05) is 4.98 Å². The Labute approximate surface area is 178 Å². The van der Waals surface area contributed by atoms with E-state index in [1.54, 1.807) is 0 Å². The number of ether oxygens (including phenoxy) is 1. The molecule has 1 fully saturated rings. The summed E-state index contributed by atoms with van der Waals surface area (Å²) in [6.45, 7) is 0.0406. The molecule has 1 aromatic heterocycles. The molecule has 0 spiro atoms. The average Bonchev–Trinajstić information content (AvgIpc) is 2.94. The van der Waals surface area contributed by atoms with Crippen molar-refractivity contribution in [3.8, 4) is 5.75 Å². The molecule has 5 atom stereocenters. The van der Waals surface area contributed by atoms with E-state index >= 15 is 4.39 Å². The second kappa shape index (κ2) is 7.82. The summed E-state index contributed by atoms with van der Waals surface area (Å²) in [5.74, 6) is -2.91. The standard InChI is InChI=1S/C17H17ClFN2O9P/c1-8-5-21(16(25)20-14(8)24)15-12(22)13(23)17(19,29-15)7-28-31(26)27-6-9-4-10(18)2-3-11(9)30-31/h2-5,12-13,15,22-23H,6-7H2,1H3,(H,20,24,25)/t12-,13+,15-,17-,31?/m1/s1. The zero-order chi connectivity index (χ0) is 22.6. The molecule has 1 saturated heterocycles. The zero-order valence-electron chi connectivity index (χ0n) is 15.9. The van der Waals surface area contributed by atoms with Gasteiger partial charge in [0.25, 0.3) is 11.4 Å². The zero-order valence-corrected chi connectivity index (χ0v) is 17.5. The number of nitrogens with zero attached hydrogens (tertiary/aromatic N) is 1. The Kier molecular flexibility index (Phi) is 5.59. The number of aromatic amines is 1. The van der Waals surface area contributed by atoms with Crippen molar-refractivity contribution in [2.75, 3.05) is 6.61 Å². The number of phosphoric ester groups is 1. The number of alkyl halides is 1. The molecule has 3 heterocycles. The highest BCUT2D eigenvalue weighted by Gasteiger charge is 2.57. The minimum Gasteiger partial charge on any atom is -0.404 e. The van der Waals surface area contributed by atoms with Gasteiger partial charge in [-0.05, 0) is 25.1 Å². The van der Waals surface area contributed by atoms with E-state index in [0.717, 1.165) is 10.8 Å². The first-order valence-corrected chi connectivity index (χ1v) is 10.8. The minimum absolute atomic E-state index is 0.0877. The number of aliphatic hydroxyl groups excluding tert-OH is 2. The van der Waals surface area contributed by atoms with Crippen LogP contribution in [0.5, 0.6) is 5.75 Å². The second-order valence-corrected chi connectivity index (χ2v) is 9.08. The molecular weight excluding hydrogens is 462 g/mol. The monoisotopic (exact) mass is 478 g/mol. The van der Waals surface area contributed by atoms with Crippen LogP contribution in [-0.2, 0) is 25.0 Å². The number of H-pyrrole nitrogens is 1. The van der Waals surface area contributed by atoms with Crippen molar-refractivity contribution < 1.29 is 37.5 Å². The molecule has 0 bridgehead atoms. The van der Waals surface area contributed by atoms with E-state index in [0.29, 0.717) is 10.6 Å². The number of hydrogen-bond donors (Lipinski definition) is 3. The predicted molar refractivity (Wildman–Crippen MR) is 102 cm³/mol. The van der Waals surface area contributed by atoms with Gasteiger partial charge < -0.3 is 19.5 Å². The molecule has 2 aliphatic heterocycles. The lowest BCUT2D eigenvalue weighted by Crippen LogP contribution is -2.43. The van der Waals surface area contributed by atoms with Gasteiger partial charge in [-0.3, -0.25) is 23.4 Å². The topological polar surface area (TPSA) is 149 Å². The lowest BCUT2D eigenvalue weighted by molar-refractivity contribution is -0.205. The van der Waals surface area contributed by atoms with Crippen LogP contribution in [0.4, 0.5) is 4.39 Å². The molecule has 1 aromatic carbocycles. The highest BCUT2D eigenvalue weighted by atomic mass is 35.5. The predicted octanol–water partition coefficient (Wildman–Crippen LogP) is 1.15. The summed E-state index contributed by atoms with van der Waals surface area (Å²) < 4.78 is 49.0. The highest BCUT2D eigenvalue weighted by Crippen LogP contribution is 2.56. The normalized spacial score (nSPS) is 32.5. The van der Waals surface area contributed by atoms with Crippen molar-refractivity contribution in [3.05, 3.63) is 61.4 Å². The van der Waals surface area contributed by atoms with Crippen molar-refractivity contribution in [1.29, 1.82) is 0 Å². The van der Waals surface area contributed by atoms with Crippen LogP contribution in [0.3, 0.4) is 0 Å². The van der Waals surface area contributed by atoms with Gasteiger partial charge in [0.1, 0.15) is 24.6 Å². The third-order valence-corrected chi connectivity index (χ3v) is 6.37. The SMILES string of the molecule is Cc1cn([C@@H]2O[C@](F)(COP3(=O)OCc4cc(Cl)ccc4O3)[C@@H](O)[C@H]2O)c(=O)[nH]c1=O. The summed E-state index contributed by atoms with van der Waals surface area (Å²) in [5.41, 5.74) is -1.07. The van der Waals surface area contributed by atoms with Crippen LogP contribution in [0.1, 0.15) is 17.4 Å². The lowest BCUT2D eigenvalue weighted by Gasteiger charge is -2.28. The summed E-state index contributed by atoms with van der Waals surface area (Å²) >= 11 is 5.86. The maximum atomic E-state index is 15.3. The van der Waals surface area contributed by atoms with Crippen molar-refractivity contribution in [3.63, 3.8) is 0 Å². The quantitative estimate of drug-likeness (QED) is 0.550. The third kappa shape index (κ3) is 4.08. The molecule has 0 amide bonds. The molecule has 31 heavy (non-hydrogen) atoms. The van der Waals surface area contributed by atoms with Gasteiger partial charge in [-0.25, -0.2) is 13.8 Å². The molecule has 0 saturated carbocycles. The van der Waals surface area contributed by atoms with Crippen LogP contribution in [0.2, 0.25) is 5.02 Å². The van der Waals surface area contributed by atoms with Crippen LogP contribution < -0.4 is 15.8 Å². The van der Waals surface area contributed by atoms with E-state index in [2.05, 4.69) is 0 Å². The number of hydrogen-bond acceptors (Lipinski definition) is 9. The number of aromatic nitrogens is 2. The minimum atomic E-state index is -4.29. The molecule has 4 rings (SSSR count). The molecule has 2 aliphatic rings. The molecule has 0 radical (unpaired) electrons. The fourth-order valence-electron chi connectivity index (χ4n) is 3.14. The average molecular weight is 479 g/mol. The van der Waals surface area contributed by atoms with Gasteiger partial charge in [0.15, 0.2) is 6.23 Å². The number of fused-ring (bicyclic) bond motifs is 1. The molecule has 168 valence electrons. The smallest absolute Gasteiger partial charge is 0.404 e. The Bertz CT molecular complexity index is 1190. The van der Waals surface area contributed by atoms with Gasteiger partial charge >= 0.3 is 13.5 Å². The number of nitrogens with one attached hydrogen (secondary N) is 1. The fourth-order valence-corrected chi connectivity index (χ4v) is 4.57. The number of aryl methyl sites for hydroxylation is 1. The van der Waals surface area contributed by atoms with Gasteiger partial charge in [0, 0.05) is 22.3 Å². The maximum Gasteiger partial charge on any atom is 0.530 e. The second-order valence-electron chi connectivity index (χ2n) is 7.05. The molecule has 14 heteroatoms. The van der Waals surface area contributed by atoms with Crippen LogP contribution in [-0.4, -0.2) is 44.4 Å². The van der Waals surface area contributed by atoms with Crippen LogP contribution in [0.15, 0.2) is 34.0 Å². The Morgan fingerprint density at radius 1 is 1.42 bits per heavy atom. The van der Waals surface area contributed by atoms with Crippen molar-refractivity contribution >= 4 is 19.4 Å². The largest absolute Gasteiger partial charge is 0.530 e. The molecule has 2 aromatic rings. The number of rotatable bonds is 4. The first-order valence-electron chi connectivity index (χ1n) is 8.93. The lowest BCUT2D eigenvalue weighted by atomic mass is 10.1.